The molecule has 0 amide bonds. The van der Waals surface area contributed by atoms with Crippen molar-refractivity contribution in [3.05, 3.63) is 18.3 Å². The Morgan fingerprint density at radius 2 is 2.13 bits per heavy atom. The molecule has 0 aliphatic heterocycles. The molecule has 0 spiro atoms. The van der Waals surface area contributed by atoms with Crippen molar-refractivity contribution < 1.29 is 23.1 Å². The molecule has 2 aromatic rings. The topological polar surface area (TPSA) is 114 Å². The summed E-state index contributed by atoms with van der Waals surface area (Å²) in [5.41, 5.74) is 6.25. The Kier molecular flexibility index (Phi) is 4.82. The van der Waals surface area contributed by atoms with E-state index in [0.717, 1.165) is 0 Å². The van der Waals surface area contributed by atoms with Gasteiger partial charge in [0.25, 0.3) is 0 Å². The third-order valence-corrected chi connectivity index (χ3v) is 3.03. The molecule has 0 radical (unpaired) electrons. The predicted octanol–water partition coefficient (Wildman–Crippen LogP) is 2.20. The lowest BCUT2D eigenvalue weighted by Crippen LogP contribution is -2.30. The SMILES string of the molecule is Nc1nc(N[C@H](CCCC(F)(F)F)C(=O)O)c2ncccc2n1. The van der Waals surface area contributed by atoms with Crippen LogP contribution in [0.25, 0.3) is 11.0 Å². The van der Waals surface area contributed by atoms with E-state index in [1.807, 2.05) is 0 Å². The monoisotopic (exact) mass is 329 g/mol. The van der Waals surface area contributed by atoms with Gasteiger partial charge >= 0.3 is 12.1 Å². The van der Waals surface area contributed by atoms with Gasteiger partial charge in [0.1, 0.15) is 11.6 Å². The maximum Gasteiger partial charge on any atom is 0.389 e. The molecule has 0 aromatic carbocycles. The van der Waals surface area contributed by atoms with Crippen LogP contribution in [0.3, 0.4) is 0 Å². The number of aromatic nitrogens is 3. The van der Waals surface area contributed by atoms with Gasteiger partial charge < -0.3 is 16.2 Å². The second-order valence-corrected chi connectivity index (χ2v) is 4.84. The summed E-state index contributed by atoms with van der Waals surface area (Å²) in [5, 5.41) is 11.8. The molecule has 0 saturated heterocycles. The molecule has 0 fully saturated rings. The lowest BCUT2D eigenvalue weighted by atomic mass is 10.1. The smallest absolute Gasteiger partial charge is 0.389 e. The Morgan fingerprint density at radius 1 is 1.39 bits per heavy atom. The number of alkyl halides is 3. The van der Waals surface area contributed by atoms with Gasteiger partial charge in [0, 0.05) is 12.6 Å². The summed E-state index contributed by atoms with van der Waals surface area (Å²) in [5.74, 6) is -1.30. The zero-order chi connectivity index (χ0) is 17.0. The highest BCUT2D eigenvalue weighted by molar-refractivity contribution is 5.88. The van der Waals surface area contributed by atoms with Gasteiger partial charge in [-0.05, 0) is 25.0 Å². The lowest BCUT2D eigenvalue weighted by Gasteiger charge is -2.16. The van der Waals surface area contributed by atoms with Crippen LogP contribution in [0.4, 0.5) is 24.9 Å². The van der Waals surface area contributed by atoms with Gasteiger partial charge in [0.05, 0.1) is 5.52 Å². The van der Waals surface area contributed by atoms with Crippen LogP contribution in [0.2, 0.25) is 0 Å². The van der Waals surface area contributed by atoms with Crippen LogP contribution in [-0.4, -0.2) is 38.2 Å². The van der Waals surface area contributed by atoms with Crippen molar-refractivity contribution in [3.63, 3.8) is 0 Å². The van der Waals surface area contributed by atoms with E-state index in [1.54, 1.807) is 12.1 Å². The molecule has 10 heteroatoms. The minimum Gasteiger partial charge on any atom is -0.480 e. The molecule has 0 saturated carbocycles. The molecule has 1 atom stereocenters. The fourth-order valence-electron chi connectivity index (χ4n) is 2.02. The van der Waals surface area contributed by atoms with E-state index in [2.05, 4.69) is 20.3 Å². The highest BCUT2D eigenvalue weighted by Crippen LogP contribution is 2.24. The second-order valence-electron chi connectivity index (χ2n) is 4.84. The molecule has 0 aliphatic rings. The zero-order valence-corrected chi connectivity index (χ0v) is 11.8. The first-order valence-electron chi connectivity index (χ1n) is 6.70. The number of carboxylic acid groups (broad SMARTS) is 1. The standard InChI is InChI=1S/C13H14F3N5O2/c14-13(15,16)5-1-3-8(11(22)23)19-10-9-7(4-2-6-18-9)20-12(17)21-10/h2,4,6,8H,1,3,5H2,(H,22,23)(H3,17,19,20,21)/t8-/m1/s1. The number of nitrogen functional groups attached to an aromatic ring is 1. The number of rotatable bonds is 6. The van der Waals surface area contributed by atoms with Crippen molar-refractivity contribution in [2.24, 2.45) is 0 Å². The number of fused-ring (bicyclic) bond motifs is 1. The summed E-state index contributed by atoms with van der Waals surface area (Å²) in [4.78, 5) is 23.1. The lowest BCUT2D eigenvalue weighted by molar-refractivity contribution is -0.141. The average molecular weight is 329 g/mol. The number of nitrogens with zero attached hydrogens (tertiary/aromatic N) is 3. The van der Waals surface area contributed by atoms with E-state index in [9.17, 15) is 18.0 Å². The van der Waals surface area contributed by atoms with Gasteiger partial charge in [-0.2, -0.15) is 18.2 Å². The molecule has 124 valence electrons. The van der Waals surface area contributed by atoms with E-state index in [-0.39, 0.29) is 24.6 Å². The Labute approximate surface area is 128 Å². The number of pyridine rings is 1. The molecule has 2 aromatic heterocycles. The van der Waals surface area contributed by atoms with Crippen molar-refractivity contribution in [3.8, 4) is 0 Å². The van der Waals surface area contributed by atoms with Crippen molar-refractivity contribution in [2.75, 3.05) is 11.1 Å². The Morgan fingerprint density at radius 3 is 2.78 bits per heavy atom. The van der Waals surface area contributed by atoms with Crippen LogP contribution in [0.15, 0.2) is 18.3 Å². The molecule has 4 N–H and O–H groups in total. The zero-order valence-electron chi connectivity index (χ0n) is 11.8. The molecule has 0 bridgehead atoms. The molecule has 7 nitrogen and oxygen atoms in total. The summed E-state index contributed by atoms with van der Waals surface area (Å²) in [6.07, 6.45) is -4.45. The number of hydrogen-bond acceptors (Lipinski definition) is 6. The van der Waals surface area contributed by atoms with Crippen LogP contribution < -0.4 is 11.1 Å². The summed E-state index contributed by atoms with van der Waals surface area (Å²) in [7, 11) is 0. The molecule has 2 heterocycles. The number of hydrogen-bond donors (Lipinski definition) is 3. The van der Waals surface area contributed by atoms with Gasteiger partial charge in [-0.3, -0.25) is 4.98 Å². The van der Waals surface area contributed by atoms with Crippen molar-refractivity contribution in [1.82, 2.24) is 15.0 Å². The van der Waals surface area contributed by atoms with Crippen LogP contribution in [0.5, 0.6) is 0 Å². The summed E-state index contributed by atoms with van der Waals surface area (Å²) in [6.45, 7) is 0. The molecule has 23 heavy (non-hydrogen) atoms. The van der Waals surface area contributed by atoms with E-state index in [1.165, 1.54) is 6.20 Å². The number of anilines is 2. The van der Waals surface area contributed by atoms with E-state index >= 15 is 0 Å². The van der Waals surface area contributed by atoms with E-state index in [0.29, 0.717) is 11.0 Å². The normalized spacial score (nSPS) is 13.0. The van der Waals surface area contributed by atoms with Crippen molar-refractivity contribution in [2.45, 2.75) is 31.5 Å². The number of aliphatic carboxylic acids is 1. The number of carbonyl (C=O) groups is 1. The molecule has 0 unspecified atom stereocenters. The predicted molar refractivity (Wildman–Crippen MR) is 76.7 cm³/mol. The molecular formula is C13H14F3N5O2. The molecular weight excluding hydrogens is 315 g/mol. The van der Waals surface area contributed by atoms with Crippen LogP contribution in [0, 0.1) is 0 Å². The van der Waals surface area contributed by atoms with E-state index < -0.39 is 24.6 Å². The highest BCUT2D eigenvalue weighted by Gasteiger charge is 2.28. The maximum absolute atomic E-state index is 12.2. The molecule has 2 rings (SSSR count). The highest BCUT2D eigenvalue weighted by atomic mass is 19.4. The number of halogens is 3. The minimum absolute atomic E-state index is 0.0764. The second kappa shape index (κ2) is 6.63. The third kappa shape index (κ3) is 4.66. The quantitative estimate of drug-likeness (QED) is 0.744. The van der Waals surface area contributed by atoms with Gasteiger partial charge in [-0.1, -0.05) is 0 Å². The van der Waals surface area contributed by atoms with Crippen molar-refractivity contribution >= 4 is 28.8 Å². The summed E-state index contributed by atoms with van der Waals surface area (Å²) < 4.78 is 36.5. The summed E-state index contributed by atoms with van der Waals surface area (Å²) >= 11 is 0. The van der Waals surface area contributed by atoms with Gasteiger partial charge in [-0.15, -0.1) is 0 Å². The number of nitrogens with two attached hydrogens (primary N) is 1. The van der Waals surface area contributed by atoms with Gasteiger partial charge in [-0.25, -0.2) is 9.78 Å². The fourth-order valence-corrected chi connectivity index (χ4v) is 2.02. The number of nitrogens with one attached hydrogen (secondary N) is 1. The molecule has 0 aliphatic carbocycles. The maximum atomic E-state index is 12.2. The Balaban J connectivity index is 2.18. The van der Waals surface area contributed by atoms with Gasteiger partial charge in [0.15, 0.2) is 5.82 Å². The van der Waals surface area contributed by atoms with Crippen LogP contribution in [-0.2, 0) is 4.79 Å². The van der Waals surface area contributed by atoms with Crippen molar-refractivity contribution in [1.29, 1.82) is 0 Å². The first-order chi connectivity index (χ1) is 10.8. The first-order valence-corrected chi connectivity index (χ1v) is 6.70. The minimum atomic E-state index is -4.32. The fraction of sp³-hybridized carbons (Fsp3) is 0.385. The van der Waals surface area contributed by atoms with Gasteiger partial charge in [0.2, 0.25) is 5.95 Å². The van der Waals surface area contributed by atoms with E-state index in [4.69, 9.17) is 10.8 Å². The van der Waals surface area contributed by atoms with Crippen LogP contribution >= 0.6 is 0 Å². The number of carboxylic acids is 1. The Bertz CT molecular complexity index is 708. The van der Waals surface area contributed by atoms with Crippen LogP contribution in [0.1, 0.15) is 19.3 Å². The first kappa shape index (κ1) is 16.7. The third-order valence-electron chi connectivity index (χ3n) is 3.03. The summed E-state index contributed by atoms with van der Waals surface area (Å²) in [6, 6.07) is 2.00. The average Bonchev–Trinajstić information content (AvgIpc) is 2.44. The Hall–Kier alpha value is -2.65. The largest absolute Gasteiger partial charge is 0.480 e.